The minimum Gasteiger partial charge on any atom is -0.349 e. The van der Waals surface area contributed by atoms with Crippen LogP contribution in [0.1, 0.15) is 25.0 Å². The molecule has 0 spiro atoms. The number of nitrogens with zero attached hydrogens (tertiary/aromatic N) is 3. The fourth-order valence-electron chi connectivity index (χ4n) is 2.86. The van der Waals surface area contributed by atoms with E-state index in [9.17, 15) is 10.1 Å². The van der Waals surface area contributed by atoms with Gasteiger partial charge in [-0.1, -0.05) is 54.1 Å². The van der Waals surface area contributed by atoms with E-state index in [-0.39, 0.29) is 11.6 Å². The van der Waals surface area contributed by atoms with Gasteiger partial charge in [0.2, 0.25) is 0 Å². The van der Waals surface area contributed by atoms with Crippen molar-refractivity contribution in [2.75, 3.05) is 0 Å². The van der Waals surface area contributed by atoms with Crippen LogP contribution in [0.3, 0.4) is 0 Å². The Balaban J connectivity index is 2.01. The summed E-state index contributed by atoms with van der Waals surface area (Å²) in [6, 6.07) is 19.2. The Morgan fingerprint density at radius 1 is 1.21 bits per heavy atom. The van der Waals surface area contributed by atoms with E-state index in [1.165, 1.54) is 0 Å². The van der Waals surface area contributed by atoms with Crippen LogP contribution in [0.5, 0.6) is 0 Å². The molecule has 0 unspecified atom stereocenters. The number of carbonyl (C=O) groups is 1. The molecule has 0 atom stereocenters. The number of amides is 1. The lowest BCUT2D eigenvalue weighted by Crippen LogP contribution is -2.30. The van der Waals surface area contributed by atoms with Crippen LogP contribution in [-0.2, 0) is 11.3 Å². The molecule has 0 bridgehead atoms. The number of halogens is 1. The van der Waals surface area contributed by atoms with Crippen molar-refractivity contribution in [2.45, 2.75) is 26.4 Å². The molecule has 0 aliphatic carbocycles. The van der Waals surface area contributed by atoms with Gasteiger partial charge in [0.05, 0.1) is 12.2 Å². The van der Waals surface area contributed by atoms with Gasteiger partial charge in [0.1, 0.15) is 11.6 Å². The normalized spacial score (nSPS) is 11.3. The summed E-state index contributed by atoms with van der Waals surface area (Å²) in [5, 5.41) is 17.6. The number of nitrogens with one attached hydrogen (secondary N) is 1. The molecule has 0 radical (unpaired) electrons. The van der Waals surface area contributed by atoms with Crippen molar-refractivity contribution < 1.29 is 4.79 Å². The molecule has 0 aliphatic rings. The van der Waals surface area contributed by atoms with Crippen molar-refractivity contribution >= 4 is 23.6 Å². The second-order valence-corrected chi connectivity index (χ2v) is 7.36. The highest BCUT2D eigenvalue weighted by molar-refractivity contribution is 6.30. The third kappa shape index (κ3) is 5.34. The van der Waals surface area contributed by atoms with E-state index in [2.05, 4.69) is 5.32 Å². The van der Waals surface area contributed by atoms with E-state index in [4.69, 9.17) is 16.7 Å². The summed E-state index contributed by atoms with van der Waals surface area (Å²) in [7, 11) is 0. The Hall–Kier alpha value is -3.36. The average Bonchev–Trinajstić information content (AvgIpc) is 3.10. The Bertz CT molecular complexity index is 1060. The van der Waals surface area contributed by atoms with Crippen LogP contribution >= 0.6 is 11.6 Å². The van der Waals surface area contributed by atoms with E-state index in [1.807, 2.05) is 80.7 Å². The van der Waals surface area contributed by atoms with Gasteiger partial charge in [0, 0.05) is 28.4 Å². The molecule has 6 heteroatoms. The molecular formula is C23H21ClN4O. The Kier molecular flexibility index (Phi) is 6.48. The summed E-state index contributed by atoms with van der Waals surface area (Å²) in [6.07, 6.45) is 3.43. The van der Waals surface area contributed by atoms with E-state index >= 15 is 0 Å². The lowest BCUT2D eigenvalue weighted by atomic mass is 10.1. The van der Waals surface area contributed by atoms with Gasteiger partial charge in [0.25, 0.3) is 5.91 Å². The Morgan fingerprint density at radius 3 is 2.52 bits per heavy atom. The molecule has 3 aromatic rings. The van der Waals surface area contributed by atoms with Crippen molar-refractivity contribution in [3.05, 3.63) is 82.5 Å². The van der Waals surface area contributed by atoms with Gasteiger partial charge < -0.3 is 5.32 Å². The standard InChI is InChI=1S/C23H21ClN4O/c1-16(2)26-23(29)19(13-25)12-20-15-28(14-17-8-10-21(24)11-9-17)27-22(20)18-6-4-3-5-7-18/h3-12,15-16H,14H2,1-2H3,(H,26,29). The SMILES string of the molecule is CC(C)NC(=O)C(C#N)=Cc1cn(Cc2ccc(Cl)cc2)nc1-c1ccccc1. The van der Waals surface area contributed by atoms with Crippen molar-refractivity contribution in [3.63, 3.8) is 0 Å². The predicted molar refractivity (Wildman–Crippen MR) is 115 cm³/mol. The maximum atomic E-state index is 12.3. The quantitative estimate of drug-likeness (QED) is 0.478. The summed E-state index contributed by atoms with van der Waals surface area (Å²) in [5.41, 5.74) is 3.42. The molecule has 29 heavy (non-hydrogen) atoms. The highest BCUT2D eigenvalue weighted by Crippen LogP contribution is 2.24. The van der Waals surface area contributed by atoms with Crippen molar-refractivity contribution in [3.8, 4) is 17.3 Å². The molecule has 0 saturated carbocycles. The van der Waals surface area contributed by atoms with E-state index in [0.717, 1.165) is 11.1 Å². The largest absolute Gasteiger partial charge is 0.349 e. The van der Waals surface area contributed by atoms with Crippen LogP contribution < -0.4 is 5.32 Å². The first-order valence-corrected chi connectivity index (χ1v) is 9.64. The van der Waals surface area contributed by atoms with Crippen LogP contribution in [0.4, 0.5) is 0 Å². The maximum Gasteiger partial charge on any atom is 0.262 e. The highest BCUT2D eigenvalue weighted by Gasteiger charge is 2.15. The molecule has 2 aromatic carbocycles. The van der Waals surface area contributed by atoms with Gasteiger partial charge in [-0.2, -0.15) is 10.4 Å². The second-order valence-electron chi connectivity index (χ2n) is 6.92. The van der Waals surface area contributed by atoms with Crippen LogP contribution in [-0.4, -0.2) is 21.7 Å². The Labute approximate surface area is 175 Å². The minimum absolute atomic E-state index is 0.0434. The monoisotopic (exact) mass is 404 g/mol. The highest BCUT2D eigenvalue weighted by atomic mass is 35.5. The number of hydrogen-bond donors (Lipinski definition) is 1. The van der Waals surface area contributed by atoms with Crippen molar-refractivity contribution in [1.29, 1.82) is 5.26 Å². The van der Waals surface area contributed by atoms with E-state index in [0.29, 0.717) is 22.8 Å². The van der Waals surface area contributed by atoms with Gasteiger partial charge in [-0.25, -0.2) is 0 Å². The number of aromatic nitrogens is 2. The minimum atomic E-state index is -0.396. The molecule has 1 N–H and O–H groups in total. The van der Waals surface area contributed by atoms with Crippen molar-refractivity contribution in [2.24, 2.45) is 0 Å². The fraction of sp³-hybridized carbons (Fsp3) is 0.174. The summed E-state index contributed by atoms with van der Waals surface area (Å²) in [4.78, 5) is 12.3. The molecule has 146 valence electrons. The molecule has 0 aliphatic heterocycles. The van der Waals surface area contributed by atoms with Crippen molar-refractivity contribution in [1.82, 2.24) is 15.1 Å². The maximum absolute atomic E-state index is 12.3. The molecule has 1 amide bonds. The smallest absolute Gasteiger partial charge is 0.262 e. The molecule has 5 nitrogen and oxygen atoms in total. The number of nitriles is 1. The zero-order valence-corrected chi connectivity index (χ0v) is 17.0. The number of carbonyl (C=O) groups excluding carboxylic acids is 1. The lowest BCUT2D eigenvalue weighted by molar-refractivity contribution is -0.117. The number of hydrogen-bond acceptors (Lipinski definition) is 3. The van der Waals surface area contributed by atoms with Gasteiger partial charge >= 0.3 is 0 Å². The zero-order valence-electron chi connectivity index (χ0n) is 16.3. The fourth-order valence-corrected chi connectivity index (χ4v) is 2.99. The third-order valence-corrected chi connectivity index (χ3v) is 4.43. The van der Waals surface area contributed by atoms with Crippen LogP contribution in [0.2, 0.25) is 5.02 Å². The lowest BCUT2D eigenvalue weighted by Gasteiger charge is -2.06. The van der Waals surface area contributed by atoms with Gasteiger partial charge in [-0.15, -0.1) is 0 Å². The summed E-state index contributed by atoms with van der Waals surface area (Å²) in [6.45, 7) is 4.25. The molecule has 1 aromatic heterocycles. The molecular weight excluding hydrogens is 384 g/mol. The second kappa shape index (κ2) is 9.22. The first-order chi connectivity index (χ1) is 14.0. The third-order valence-electron chi connectivity index (χ3n) is 4.18. The molecule has 3 rings (SSSR count). The first kappa shape index (κ1) is 20.4. The van der Waals surface area contributed by atoms with Crippen LogP contribution in [0.15, 0.2) is 66.4 Å². The topological polar surface area (TPSA) is 70.7 Å². The molecule has 0 fully saturated rings. The number of benzene rings is 2. The van der Waals surface area contributed by atoms with Gasteiger partial charge in [-0.3, -0.25) is 9.48 Å². The first-order valence-electron chi connectivity index (χ1n) is 9.26. The Morgan fingerprint density at radius 2 is 1.90 bits per heavy atom. The predicted octanol–water partition coefficient (Wildman–Crippen LogP) is 4.68. The van der Waals surface area contributed by atoms with Crippen LogP contribution in [0, 0.1) is 11.3 Å². The summed E-state index contributed by atoms with van der Waals surface area (Å²) in [5.74, 6) is -0.396. The van der Waals surface area contributed by atoms with Crippen LogP contribution in [0.25, 0.3) is 17.3 Å². The van der Waals surface area contributed by atoms with Gasteiger partial charge in [0.15, 0.2) is 0 Å². The van der Waals surface area contributed by atoms with E-state index in [1.54, 1.807) is 10.8 Å². The van der Waals surface area contributed by atoms with Gasteiger partial charge in [-0.05, 0) is 37.6 Å². The van der Waals surface area contributed by atoms with E-state index < -0.39 is 5.91 Å². The zero-order chi connectivity index (χ0) is 20.8. The summed E-state index contributed by atoms with van der Waals surface area (Å²) < 4.78 is 1.80. The number of rotatable bonds is 6. The average molecular weight is 405 g/mol. The summed E-state index contributed by atoms with van der Waals surface area (Å²) >= 11 is 5.96. The molecule has 1 heterocycles. The molecule has 0 saturated heterocycles.